The molecule has 0 aliphatic rings. The molecule has 0 saturated carbocycles. The Morgan fingerprint density at radius 3 is 2.00 bits per heavy atom. The fourth-order valence-electron chi connectivity index (χ4n) is 5.02. The van der Waals surface area contributed by atoms with Crippen molar-refractivity contribution in [2.45, 2.75) is 0 Å². The van der Waals surface area contributed by atoms with Gasteiger partial charge in [-0.15, -0.1) is 0 Å². The summed E-state index contributed by atoms with van der Waals surface area (Å²) in [5.74, 6) is -2.35. The second-order valence-electron chi connectivity index (χ2n) is 9.93. The Hall–Kier alpha value is -6.39. The van der Waals surface area contributed by atoms with Gasteiger partial charge in [0.25, 0.3) is 0 Å². The first-order chi connectivity index (χ1) is 32.5. The van der Waals surface area contributed by atoms with Crippen molar-refractivity contribution < 1.29 is 34.6 Å². The van der Waals surface area contributed by atoms with Gasteiger partial charge in [0, 0.05) is 27.5 Å². The van der Waals surface area contributed by atoms with Crippen LogP contribution in [-0.2, 0) is 0 Å². The lowest BCUT2D eigenvalue weighted by atomic mass is 9.97. The van der Waals surface area contributed by atoms with Gasteiger partial charge in [-0.25, -0.2) is 15.0 Å². The largest absolute Gasteiger partial charge is 0.456 e. The van der Waals surface area contributed by atoms with Crippen molar-refractivity contribution in [3.8, 4) is 56.4 Å². The molecule has 2 aromatic heterocycles. The summed E-state index contributed by atoms with van der Waals surface area (Å²) in [7, 11) is 0. The van der Waals surface area contributed by atoms with Crippen LogP contribution in [0.4, 0.5) is 0 Å². The normalized spacial score (nSPS) is 18.0. The predicted octanol–water partition coefficient (Wildman–Crippen LogP) is 11.3. The monoisotopic (exact) mass is 623 g/mol. The summed E-state index contributed by atoms with van der Waals surface area (Å²) < 4.78 is 200. The number of fused-ring (bicyclic) bond motifs is 4. The Bertz CT molecular complexity index is 3790. The van der Waals surface area contributed by atoms with Crippen LogP contribution in [0.3, 0.4) is 0 Å². The Kier molecular flexibility index (Phi) is 3.05. The van der Waals surface area contributed by atoms with Crippen LogP contribution in [0.1, 0.15) is 30.2 Å². The van der Waals surface area contributed by atoms with Crippen molar-refractivity contribution in [3.05, 3.63) is 163 Å². The first-order valence-corrected chi connectivity index (χ1v) is 13.9. The van der Waals surface area contributed by atoms with Crippen molar-refractivity contribution in [3.63, 3.8) is 0 Å². The van der Waals surface area contributed by atoms with Crippen LogP contribution in [0.15, 0.2) is 168 Å². The number of hydrogen-bond acceptors (Lipinski definition) is 4. The third kappa shape index (κ3) is 4.84. The maximum atomic E-state index is 9.66. The zero-order valence-corrected chi connectivity index (χ0v) is 23.6. The van der Waals surface area contributed by atoms with E-state index in [0.717, 1.165) is 0 Å². The lowest BCUT2D eigenvalue weighted by Crippen LogP contribution is -2.00. The van der Waals surface area contributed by atoms with E-state index < -0.39 is 211 Å². The van der Waals surface area contributed by atoms with E-state index in [1.165, 1.54) is 0 Å². The predicted molar refractivity (Wildman–Crippen MR) is 192 cm³/mol. The van der Waals surface area contributed by atoms with E-state index in [1.807, 2.05) is 0 Å². The quantitative estimate of drug-likeness (QED) is 0.191. The van der Waals surface area contributed by atoms with E-state index >= 15 is 0 Å². The topological polar surface area (TPSA) is 51.8 Å². The Morgan fingerprint density at radius 2 is 1.11 bits per heavy atom. The molecule has 0 aliphatic carbocycles. The highest BCUT2D eigenvalue weighted by Crippen LogP contribution is 2.38. The summed E-state index contributed by atoms with van der Waals surface area (Å²) in [6.45, 7) is 0. The van der Waals surface area contributed by atoms with Crippen molar-refractivity contribution in [1.29, 1.82) is 0 Å². The standard InChI is InChI=1S/C43H27N3O/c1-3-12-28(13-4-1)30-24-25-34-31(26-30)17-10-21-36(34)43-45-41(29-14-5-2-6-15-29)44-42(46-43)33-18-9-16-32(27-33)35-20-11-23-39-40(35)37-19-7-8-22-38(37)47-39/h1-27H/i2D,5D,6D,7D,8D,9D,10D,11D,14D,15D,16D,17D,18D,19D,20D,21D,22D,23D,24D,25D,26D,27D. The molecule has 0 saturated heterocycles. The molecule has 9 rings (SSSR count). The van der Waals surface area contributed by atoms with Gasteiger partial charge in [-0.1, -0.05) is 139 Å². The number of para-hydroxylation sites is 1. The van der Waals surface area contributed by atoms with Crippen LogP contribution in [0, 0.1) is 0 Å². The number of nitrogens with zero attached hydrogens (tertiary/aromatic N) is 3. The molecular formula is C43H27N3O. The van der Waals surface area contributed by atoms with Gasteiger partial charge in [-0.05, 0) is 57.2 Å². The lowest BCUT2D eigenvalue weighted by Gasteiger charge is -2.12. The molecule has 7 aromatic carbocycles. The third-order valence-corrected chi connectivity index (χ3v) is 7.13. The molecule has 0 atom stereocenters. The molecule has 0 aliphatic heterocycles. The van der Waals surface area contributed by atoms with Gasteiger partial charge < -0.3 is 4.42 Å². The summed E-state index contributed by atoms with van der Waals surface area (Å²) >= 11 is 0. The van der Waals surface area contributed by atoms with E-state index in [1.54, 1.807) is 30.3 Å². The molecular weight excluding hydrogens is 574 g/mol. The molecule has 220 valence electrons. The number of aromatic nitrogens is 3. The van der Waals surface area contributed by atoms with Crippen LogP contribution in [0.25, 0.3) is 89.1 Å². The van der Waals surface area contributed by atoms with Crippen LogP contribution in [0.2, 0.25) is 0 Å². The van der Waals surface area contributed by atoms with Crippen molar-refractivity contribution >= 4 is 32.7 Å². The minimum atomic E-state index is -0.968. The number of benzene rings is 7. The maximum Gasteiger partial charge on any atom is 0.164 e. The van der Waals surface area contributed by atoms with E-state index in [-0.39, 0.29) is 5.56 Å². The average Bonchev–Trinajstić information content (AvgIpc) is 3.73. The molecule has 4 heteroatoms. The molecule has 0 unspecified atom stereocenters. The van der Waals surface area contributed by atoms with Gasteiger partial charge >= 0.3 is 0 Å². The first-order valence-electron chi connectivity index (χ1n) is 24.9. The van der Waals surface area contributed by atoms with Gasteiger partial charge in [-0.3, -0.25) is 0 Å². The molecule has 9 aromatic rings. The zero-order valence-electron chi connectivity index (χ0n) is 45.6. The second kappa shape index (κ2) is 11.2. The zero-order chi connectivity index (χ0) is 50.3. The summed E-state index contributed by atoms with van der Waals surface area (Å²) in [4.78, 5) is 13.2. The van der Waals surface area contributed by atoms with E-state index in [2.05, 4.69) is 15.0 Å². The fraction of sp³-hybridized carbons (Fsp3) is 0. The van der Waals surface area contributed by atoms with Crippen LogP contribution < -0.4 is 0 Å². The van der Waals surface area contributed by atoms with Gasteiger partial charge in [-0.2, -0.15) is 0 Å². The summed E-state index contributed by atoms with van der Waals surface area (Å²) in [5, 5.41) is -1.67. The molecule has 0 bridgehead atoms. The molecule has 47 heavy (non-hydrogen) atoms. The van der Waals surface area contributed by atoms with Gasteiger partial charge in [0.05, 0.1) is 30.2 Å². The lowest BCUT2D eigenvalue weighted by molar-refractivity contribution is 0.669. The smallest absolute Gasteiger partial charge is 0.164 e. The molecule has 2 heterocycles. The van der Waals surface area contributed by atoms with Gasteiger partial charge in [0.15, 0.2) is 17.5 Å². The highest BCUT2D eigenvalue weighted by molar-refractivity contribution is 6.12. The van der Waals surface area contributed by atoms with Crippen LogP contribution in [-0.4, -0.2) is 15.0 Å². The molecule has 0 N–H and O–H groups in total. The highest BCUT2D eigenvalue weighted by atomic mass is 16.3. The second-order valence-corrected chi connectivity index (χ2v) is 9.93. The summed E-state index contributed by atoms with van der Waals surface area (Å²) in [5.41, 5.74) is -4.17. The Labute approximate surface area is 302 Å². The van der Waals surface area contributed by atoms with E-state index in [9.17, 15) is 4.11 Å². The maximum absolute atomic E-state index is 9.66. The number of rotatable bonds is 5. The average molecular weight is 624 g/mol. The third-order valence-electron chi connectivity index (χ3n) is 7.13. The van der Waals surface area contributed by atoms with Crippen LogP contribution in [0.5, 0.6) is 0 Å². The van der Waals surface area contributed by atoms with Crippen LogP contribution >= 0.6 is 0 Å². The number of furan rings is 1. The minimum absolute atomic E-state index is 0.0948. The Balaban J connectivity index is 1.46. The first kappa shape index (κ1) is 12.8. The van der Waals surface area contributed by atoms with Gasteiger partial charge in [0.1, 0.15) is 11.2 Å². The van der Waals surface area contributed by atoms with Gasteiger partial charge in [0.2, 0.25) is 0 Å². The molecule has 0 spiro atoms. The molecule has 0 fully saturated rings. The van der Waals surface area contributed by atoms with E-state index in [4.69, 9.17) is 30.5 Å². The van der Waals surface area contributed by atoms with Crippen molar-refractivity contribution in [2.24, 2.45) is 0 Å². The SMILES string of the molecule is [2H]c1c([2H])c([2H])c(-c2nc(-c3c([2H])c([2H])c([2H])c(-c4c([2H])c([2H])c([2H])c5oc6c([2H])c([2H])c([2H])c([2H])c6c45)c3[2H])nc(-c3c([2H])c([2H])c([2H])c4c([2H])c(-c5ccccc5)c([2H])c([2H])c34)n2)c([2H])c1[2H]. The molecule has 0 radical (unpaired) electrons. The Morgan fingerprint density at radius 1 is 0.426 bits per heavy atom. The summed E-state index contributed by atoms with van der Waals surface area (Å²) in [6, 6.07) is -9.36. The highest BCUT2D eigenvalue weighted by Gasteiger charge is 2.17. The number of hydrogen-bond donors (Lipinski definition) is 0. The van der Waals surface area contributed by atoms with Crippen molar-refractivity contribution in [1.82, 2.24) is 15.0 Å². The fourth-order valence-corrected chi connectivity index (χ4v) is 5.02. The minimum Gasteiger partial charge on any atom is -0.456 e. The molecule has 4 nitrogen and oxygen atoms in total. The summed E-state index contributed by atoms with van der Waals surface area (Å²) in [6.07, 6.45) is 0. The van der Waals surface area contributed by atoms with E-state index in [0.29, 0.717) is 5.56 Å². The van der Waals surface area contributed by atoms with Crippen molar-refractivity contribution in [2.75, 3.05) is 0 Å². The molecule has 0 amide bonds.